The first kappa shape index (κ1) is 17.4. The van der Waals surface area contributed by atoms with Crippen LogP contribution in [0.4, 0.5) is 0 Å². The lowest BCUT2D eigenvalue weighted by Gasteiger charge is -2.57. The predicted molar refractivity (Wildman–Crippen MR) is 83.6 cm³/mol. The smallest absolute Gasteiger partial charge is 0.325 e. The van der Waals surface area contributed by atoms with Gasteiger partial charge in [-0.15, -0.1) is 11.3 Å². The van der Waals surface area contributed by atoms with E-state index in [0.29, 0.717) is 12.2 Å². The molecule has 0 amide bonds. The Bertz CT molecular complexity index is 679. The molecular formula is C14H21NO5S2. The molecule has 1 fully saturated rings. The molecule has 0 aliphatic heterocycles. The maximum atomic E-state index is 12.6. The predicted octanol–water partition coefficient (Wildman–Crippen LogP) is 1.99. The first-order valence-electron chi connectivity index (χ1n) is 7.01. The van der Waals surface area contributed by atoms with E-state index in [9.17, 15) is 18.3 Å². The number of hydrogen-bond donors (Lipinski definition) is 2. The van der Waals surface area contributed by atoms with Gasteiger partial charge in [0.15, 0.2) is 0 Å². The van der Waals surface area contributed by atoms with Crippen LogP contribution in [0.2, 0.25) is 0 Å². The van der Waals surface area contributed by atoms with Gasteiger partial charge in [-0.25, -0.2) is 8.42 Å². The monoisotopic (exact) mass is 347 g/mol. The number of aliphatic carboxylic acids is 1. The van der Waals surface area contributed by atoms with Gasteiger partial charge in [-0.05, 0) is 30.9 Å². The van der Waals surface area contributed by atoms with Crippen molar-refractivity contribution in [3.63, 3.8) is 0 Å². The van der Waals surface area contributed by atoms with Crippen molar-refractivity contribution >= 4 is 27.3 Å². The standard InChI is InChI=1S/C14H21NO5S2/c1-5-20-10-8-14(12(16)17,13(10,3)4)15-22(18,19)11-9(2)6-7-21-11/h6-7,10,15H,5,8H2,1-4H3,(H,16,17). The van der Waals surface area contributed by atoms with Crippen molar-refractivity contribution in [2.75, 3.05) is 6.61 Å². The molecule has 0 saturated heterocycles. The van der Waals surface area contributed by atoms with E-state index in [2.05, 4.69) is 4.72 Å². The summed E-state index contributed by atoms with van der Waals surface area (Å²) >= 11 is 1.08. The highest BCUT2D eigenvalue weighted by atomic mass is 32.2. The highest BCUT2D eigenvalue weighted by Crippen LogP contribution is 2.52. The third-order valence-electron chi connectivity index (χ3n) is 4.50. The second kappa shape index (κ2) is 5.59. The Balaban J connectivity index is 2.36. The Morgan fingerprint density at radius 3 is 2.59 bits per heavy atom. The van der Waals surface area contributed by atoms with Crippen molar-refractivity contribution in [2.45, 2.75) is 50.0 Å². The van der Waals surface area contributed by atoms with Crippen molar-refractivity contribution in [1.82, 2.24) is 4.72 Å². The quantitative estimate of drug-likeness (QED) is 0.821. The Hall–Kier alpha value is -0.960. The molecule has 124 valence electrons. The van der Waals surface area contributed by atoms with Gasteiger partial charge < -0.3 is 9.84 Å². The van der Waals surface area contributed by atoms with Crippen molar-refractivity contribution < 1.29 is 23.1 Å². The molecule has 2 atom stereocenters. The van der Waals surface area contributed by atoms with E-state index in [0.717, 1.165) is 11.3 Å². The zero-order valence-electron chi connectivity index (χ0n) is 13.0. The van der Waals surface area contributed by atoms with Crippen molar-refractivity contribution in [3.8, 4) is 0 Å². The molecule has 1 aromatic rings. The first-order valence-corrected chi connectivity index (χ1v) is 9.38. The molecule has 0 spiro atoms. The van der Waals surface area contributed by atoms with Gasteiger partial charge >= 0.3 is 5.97 Å². The van der Waals surface area contributed by atoms with E-state index >= 15 is 0 Å². The van der Waals surface area contributed by atoms with E-state index in [1.54, 1.807) is 32.2 Å². The van der Waals surface area contributed by atoms with Gasteiger partial charge in [-0.3, -0.25) is 4.79 Å². The Morgan fingerprint density at radius 1 is 1.55 bits per heavy atom. The minimum absolute atomic E-state index is 0.118. The molecule has 1 heterocycles. The Kier molecular flexibility index (Phi) is 4.42. The summed E-state index contributed by atoms with van der Waals surface area (Å²) in [6.45, 7) is 7.41. The van der Waals surface area contributed by atoms with Gasteiger partial charge in [-0.1, -0.05) is 13.8 Å². The summed E-state index contributed by atoms with van der Waals surface area (Å²) in [6, 6.07) is 1.70. The lowest BCUT2D eigenvalue weighted by atomic mass is 9.54. The van der Waals surface area contributed by atoms with Gasteiger partial charge in [0.2, 0.25) is 0 Å². The van der Waals surface area contributed by atoms with E-state index < -0.39 is 26.9 Å². The van der Waals surface area contributed by atoms with Gasteiger partial charge in [-0.2, -0.15) is 4.72 Å². The molecule has 2 unspecified atom stereocenters. The third-order valence-corrected chi connectivity index (χ3v) is 7.68. The first-order chi connectivity index (χ1) is 10.1. The summed E-state index contributed by atoms with van der Waals surface area (Å²) in [6.07, 6.45) is -0.173. The van der Waals surface area contributed by atoms with Gasteiger partial charge in [0.1, 0.15) is 9.75 Å². The zero-order valence-corrected chi connectivity index (χ0v) is 14.7. The summed E-state index contributed by atoms with van der Waals surface area (Å²) in [5.41, 5.74) is -1.79. The van der Waals surface area contributed by atoms with Crippen LogP contribution in [0.25, 0.3) is 0 Å². The normalized spacial score (nSPS) is 27.4. The minimum Gasteiger partial charge on any atom is -0.480 e. The van der Waals surface area contributed by atoms with Gasteiger partial charge in [0.05, 0.1) is 6.10 Å². The number of carbonyl (C=O) groups is 1. The molecule has 2 rings (SSSR count). The van der Waals surface area contributed by atoms with Crippen LogP contribution in [-0.4, -0.2) is 37.7 Å². The average molecular weight is 347 g/mol. The molecule has 6 nitrogen and oxygen atoms in total. The molecular weight excluding hydrogens is 326 g/mol. The second-order valence-corrected chi connectivity index (χ2v) is 8.87. The van der Waals surface area contributed by atoms with E-state index in [1.807, 2.05) is 6.92 Å². The molecule has 0 bridgehead atoms. The summed E-state index contributed by atoms with van der Waals surface area (Å²) < 4.78 is 33.3. The number of aryl methyl sites for hydroxylation is 1. The largest absolute Gasteiger partial charge is 0.480 e. The van der Waals surface area contributed by atoms with Crippen LogP contribution in [-0.2, 0) is 19.6 Å². The molecule has 1 aromatic heterocycles. The van der Waals surface area contributed by atoms with Crippen LogP contribution >= 0.6 is 11.3 Å². The number of carboxylic acids is 1. The topological polar surface area (TPSA) is 92.7 Å². The maximum Gasteiger partial charge on any atom is 0.325 e. The number of sulfonamides is 1. The van der Waals surface area contributed by atoms with Crippen LogP contribution in [0.1, 0.15) is 32.8 Å². The number of hydrogen-bond acceptors (Lipinski definition) is 5. The summed E-state index contributed by atoms with van der Waals surface area (Å²) in [5, 5.41) is 11.3. The SMILES string of the molecule is CCOC1CC(NS(=O)(=O)c2sccc2C)(C(=O)O)C1(C)C. The molecule has 2 N–H and O–H groups in total. The Morgan fingerprint density at radius 2 is 2.18 bits per heavy atom. The average Bonchev–Trinajstić information content (AvgIpc) is 2.84. The van der Waals surface area contributed by atoms with Crippen LogP contribution in [0.15, 0.2) is 15.7 Å². The fourth-order valence-corrected chi connectivity index (χ4v) is 5.82. The van der Waals surface area contributed by atoms with Crippen molar-refractivity contribution in [3.05, 3.63) is 17.0 Å². The highest BCUT2D eigenvalue weighted by Gasteiger charge is 2.67. The molecule has 1 aliphatic carbocycles. The Labute approximate surface area is 134 Å². The fraction of sp³-hybridized carbons (Fsp3) is 0.643. The number of thiophene rings is 1. The summed E-state index contributed by atoms with van der Waals surface area (Å²) in [7, 11) is -3.89. The van der Waals surface area contributed by atoms with Crippen LogP contribution in [0, 0.1) is 12.3 Å². The van der Waals surface area contributed by atoms with Crippen LogP contribution in [0.3, 0.4) is 0 Å². The zero-order chi connectivity index (χ0) is 16.8. The number of carboxylic acid groups (broad SMARTS) is 1. The van der Waals surface area contributed by atoms with Crippen LogP contribution < -0.4 is 4.72 Å². The van der Waals surface area contributed by atoms with Crippen LogP contribution in [0.5, 0.6) is 0 Å². The van der Waals surface area contributed by atoms with E-state index in [-0.39, 0.29) is 16.7 Å². The van der Waals surface area contributed by atoms with Gasteiger partial charge in [0.25, 0.3) is 10.0 Å². The maximum absolute atomic E-state index is 12.6. The second-order valence-electron chi connectivity index (χ2n) is 6.08. The summed E-state index contributed by atoms with van der Waals surface area (Å²) in [4.78, 5) is 11.8. The molecule has 0 aromatic carbocycles. The highest BCUT2D eigenvalue weighted by molar-refractivity contribution is 7.91. The summed E-state index contributed by atoms with van der Waals surface area (Å²) in [5.74, 6) is -1.17. The van der Waals surface area contributed by atoms with Crippen molar-refractivity contribution in [2.24, 2.45) is 5.41 Å². The minimum atomic E-state index is -3.89. The van der Waals surface area contributed by atoms with Crippen molar-refractivity contribution in [1.29, 1.82) is 0 Å². The van der Waals surface area contributed by atoms with E-state index in [4.69, 9.17) is 4.74 Å². The molecule has 1 aliphatic rings. The van der Waals surface area contributed by atoms with Gasteiger partial charge in [0, 0.05) is 18.4 Å². The number of ether oxygens (including phenoxy) is 1. The third kappa shape index (κ3) is 2.47. The molecule has 1 saturated carbocycles. The number of rotatable bonds is 6. The lowest BCUT2D eigenvalue weighted by molar-refractivity contribution is -0.188. The van der Waals surface area contributed by atoms with E-state index in [1.165, 1.54) is 0 Å². The fourth-order valence-electron chi connectivity index (χ4n) is 2.90. The molecule has 8 heteroatoms. The lowest BCUT2D eigenvalue weighted by Crippen LogP contribution is -2.76. The molecule has 0 radical (unpaired) electrons. The number of nitrogens with one attached hydrogen (secondary N) is 1. The molecule has 22 heavy (non-hydrogen) atoms.